The molecule has 0 aromatic rings. The maximum absolute atomic E-state index is 10.7. The fraction of sp³-hybridized carbons (Fsp3) is 0.625. The highest BCUT2D eigenvalue weighted by atomic mass is 16.5. The van der Waals surface area contributed by atoms with Crippen molar-refractivity contribution in [2.24, 2.45) is 0 Å². The van der Waals surface area contributed by atoms with Gasteiger partial charge in [0, 0.05) is 18.3 Å². The molecule has 0 aromatic heterocycles. The third-order valence-corrected chi connectivity index (χ3v) is 1.16. The minimum absolute atomic E-state index is 0.0349. The zero-order valence-electron chi connectivity index (χ0n) is 7.41. The zero-order chi connectivity index (χ0) is 9.40. The summed E-state index contributed by atoms with van der Waals surface area (Å²) in [6.45, 7) is 3.96. The average molecular weight is 173 g/mol. The second kappa shape index (κ2) is 6.67. The van der Waals surface area contributed by atoms with Crippen molar-refractivity contribution in [2.75, 3.05) is 13.2 Å². The molecule has 0 saturated carbocycles. The van der Waals surface area contributed by atoms with Crippen LogP contribution in [0, 0.1) is 0 Å². The van der Waals surface area contributed by atoms with Gasteiger partial charge in [-0.25, -0.2) is 4.79 Å². The summed E-state index contributed by atoms with van der Waals surface area (Å²) < 4.78 is 4.63. The summed E-state index contributed by atoms with van der Waals surface area (Å²) in [4.78, 5) is 10.7. The number of aliphatic hydroxyl groups is 1. The molecule has 70 valence electrons. The molecule has 0 heterocycles. The van der Waals surface area contributed by atoms with Crippen molar-refractivity contribution in [3.63, 3.8) is 0 Å². The van der Waals surface area contributed by atoms with E-state index in [2.05, 4.69) is 10.1 Å². The Hall–Kier alpha value is -1.03. The Morgan fingerprint density at radius 2 is 2.42 bits per heavy atom. The predicted molar refractivity (Wildman–Crippen MR) is 45.5 cm³/mol. The summed E-state index contributed by atoms with van der Waals surface area (Å²) in [5.41, 5.74) is 0. The van der Waals surface area contributed by atoms with E-state index in [9.17, 15) is 4.79 Å². The first-order valence-corrected chi connectivity index (χ1v) is 3.91. The lowest BCUT2D eigenvalue weighted by Gasteiger charge is -2.05. The Labute approximate surface area is 72.2 Å². The molecule has 0 aromatic carbocycles. The minimum atomic E-state index is -0.380. The summed E-state index contributed by atoms with van der Waals surface area (Å²) >= 11 is 0. The molecule has 4 heteroatoms. The van der Waals surface area contributed by atoms with Gasteiger partial charge in [0.05, 0.1) is 13.2 Å². The molecule has 0 aliphatic rings. The number of ether oxygens (including phenoxy) is 1. The Morgan fingerprint density at radius 1 is 1.75 bits per heavy atom. The second-order valence-corrected chi connectivity index (χ2v) is 2.34. The molecule has 0 spiro atoms. The second-order valence-electron chi connectivity index (χ2n) is 2.34. The molecule has 0 saturated heterocycles. The third-order valence-electron chi connectivity index (χ3n) is 1.16. The average Bonchev–Trinajstić information content (AvgIpc) is 2.04. The van der Waals surface area contributed by atoms with Crippen LogP contribution in [0.15, 0.2) is 12.3 Å². The maximum Gasteiger partial charge on any atom is 0.332 e. The Morgan fingerprint density at radius 3 is 2.92 bits per heavy atom. The highest BCUT2D eigenvalue weighted by Gasteiger charge is 1.95. The summed E-state index contributed by atoms with van der Waals surface area (Å²) in [7, 11) is 0. The molecule has 0 amide bonds. The molecule has 0 bridgehead atoms. The first-order valence-electron chi connectivity index (χ1n) is 3.91. The molecule has 0 radical (unpaired) electrons. The van der Waals surface area contributed by atoms with E-state index in [1.807, 2.05) is 0 Å². The van der Waals surface area contributed by atoms with E-state index < -0.39 is 0 Å². The molecule has 2 N–H and O–H groups in total. The first-order chi connectivity index (χ1) is 5.70. The van der Waals surface area contributed by atoms with Crippen LogP contribution in [0.3, 0.4) is 0 Å². The molecule has 0 rings (SSSR count). The highest BCUT2D eigenvalue weighted by molar-refractivity contribution is 5.81. The van der Waals surface area contributed by atoms with E-state index in [1.54, 1.807) is 13.8 Å². The van der Waals surface area contributed by atoms with Crippen LogP contribution in [-0.2, 0) is 9.53 Å². The molecule has 0 fully saturated rings. The van der Waals surface area contributed by atoms with E-state index >= 15 is 0 Å². The molecular weight excluding hydrogens is 158 g/mol. The number of nitrogens with one attached hydrogen (secondary N) is 1. The molecule has 0 aliphatic heterocycles. The summed E-state index contributed by atoms with van der Waals surface area (Å²) in [6.07, 6.45) is 2.76. The smallest absolute Gasteiger partial charge is 0.332 e. The van der Waals surface area contributed by atoms with Gasteiger partial charge in [-0.05, 0) is 13.8 Å². The van der Waals surface area contributed by atoms with Crippen LogP contribution in [0.5, 0.6) is 0 Å². The first kappa shape index (κ1) is 11.0. The van der Waals surface area contributed by atoms with Crippen LogP contribution in [0.1, 0.15) is 13.8 Å². The fourth-order valence-electron chi connectivity index (χ4n) is 0.523. The number of hydrogen-bond donors (Lipinski definition) is 2. The van der Waals surface area contributed by atoms with Gasteiger partial charge in [0.2, 0.25) is 0 Å². The van der Waals surface area contributed by atoms with E-state index in [4.69, 9.17) is 5.11 Å². The monoisotopic (exact) mass is 173 g/mol. The molecule has 1 atom stereocenters. The number of rotatable bonds is 5. The lowest BCUT2D eigenvalue weighted by molar-refractivity contribution is -0.137. The fourth-order valence-corrected chi connectivity index (χ4v) is 0.523. The van der Waals surface area contributed by atoms with Gasteiger partial charge in [0.1, 0.15) is 0 Å². The summed E-state index contributed by atoms with van der Waals surface area (Å²) in [5.74, 6) is -0.380. The van der Waals surface area contributed by atoms with Crippen LogP contribution in [0.4, 0.5) is 0 Å². The van der Waals surface area contributed by atoms with E-state index in [0.717, 1.165) is 0 Å². The minimum Gasteiger partial charge on any atom is -0.463 e. The maximum atomic E-state index is 10.7. The van der Waals surface area contributed by atoms with Gasteiger partial charge >= 0.3 is 5.97 Å². The normalized spacial score (nSPS) is 12.9. The van der Waals surface area contributed by atoms with Crippen LogP contribution < -0.4 is 5.32 Å². The largest absolute Gasteiger partial charge is 0.463 e. The van der Waals surface area contributed by atoms with Gasteiger partial charge in [-0.15, -0.1) is 0 Å². The van der Waals surface area contributed by atoms with E-state index in [0.29, 0.717) is 6.61 Å². The summed E-state index contributed by atoms with van der Waals surface area (Å²) in [5, 5.41) is 11.4. The van der Waals surface area contributed by atoms with Crippen molar-refractivity contribution in [1.29, 1.82) is 0 Å². The molecule has 12 heavy (non-hydrogen) atoms. The van der Waals surface area contributed by atoms with Gasteiger partial charge in [-0.2, -0.15) is 0 Å². The van der Waals surface area contributed by atoms with E-state index in [1.165, 1.54) is 12.3 Å². The van der Waals surface area contributed by atoms with Crippen molar-refractivity contribution in [3.8, 4) is 0 Å². The van der Waals surface area contributed by atoms with E-state index in [-0.39, 0.29) is 18.6 Å². The number of hydrogen-bond acceptors (Lipinski definition) is 4. The third kappa shape index (κ3) is 5.73. The Balaban J connectivity index is 3.54. The van der Waals surface area contributed by atoms with Gasteiger partial charge in [-0.1, -0.05) is 0 Å². The SMILES string of the molecule is CCOC(=O)C=CN[C@@H](C)CO. The number of carbonyl (C=O) groups is 1. The van der Waals surface area contributed by atoms with Crippen molar-refractivity contribution in [3.05, 3.63) is 12.3 Å². The van der Waals surface area contributed by atoms with Crippen LogP contribution in [-0.4, -0.2) is 30.3 Å². The summed E-state index contributed by atoms with van der Waals surface area (Å²) in [6, 6.07) is -0.0457. The molecule has 0 unspecified atom stereocenters. The van der Waals surface area contributed by atoms with Gasteiger partial charge < -0.3 is 15.2 Å². The lowest BCUT2D eigenvalue weighted by atomic mass is 10.4. The zero-order valence-corrected chi connectivity index (χ0v) is 7.41. The Kier molecular flexibility index (Phi) is 6.09. The van der Waals surface area contributed by atoms with Crippen molar-refractivity contribution < 1.29 is 14.6 Å². The Bertz CT molecular complexity index is 156. The van der Waals surface area contributed by atoms with Crippen LogP contribution in [0.25, 0.3) is 0 Å². The van der Waals surface area contributed by atoms with Crippen LogP contribution in [0.2, 0.25) is 0 Å². The number of aliphatic hydroxyl groups excluding tert-OH is 1. The van der Waals surface area contributed by atoms with Crippen molar-refractivity contribution >= 4 is 5.97 Å². The van der Waals surface area contributed by atoms with Gasteiger partial charge in [0.25, 0.3) is 0 Å². The molecular formula is C8H15NO3. The lowest BCUT2D eigenvalue weighted by Crippen LogP contribution is -2.24. The molecule has 4 nitrogen and oxygen atoms in total. The number of esters is 1. The van der Waals surface area contributed by atoms with Crippen molar-refractivity contribution in [2.45, 2.75) is 19.9 Å². The quantitative estimate of drug-likeness (QED) is 0.455. The predicted octanol–water partition coefficient (Wildman–Crippen LogP) is 0.0336. The highest BCUT2D eigenvalue weighted by Crippen LogP contribution is 1.81. The van der Waals surface area contributed by atoms with Crippen LogP contribution >= 0.6 is 0 Å². The standard InChI is InChI=1S/C8H15NO3/c1-3-12-8(11)4-5-9-7(2)6-10/h4-5,7,9-10H,3,6H2,1-2H3/t7-/m0/s1. The van der Waals surface area contributed by atoms with Crippen molar-refractivity contribution in [1.82, 2.24) is 5.32 Å². The number of carbonyl (C=O) groups excluding carboxylic acids is 1. The molecule has 0 aliphatic carbocycles. The van der Waals surface area contributed by atoms with Gasteiger partial charge in [-0.3, -0.25) is 0 Å². The van der Waals surface area contributed by atoms with Gasteiger partial charge in [0.15, 0.2) is 0 Å². The topological polar surface area (TPSA) is 58.6 Å².